The standard InChI is InChI=1S/C24H27BrN2O5S2/c1-30-19-5-7-21(31-2)16(13-19)12-18-15-33-24(26-18)27-10-8-20(9-11-27)34(28,29)23-14-17(25)4-6-22(23)32-3/h4-7,13-15,20H,8-12H2,1-3H3. The average Bonchev–Trinajstić information content (AvgIpc) is 3.32. The van der Waals surface area contributed by atoms with E-state index in [4.69, 9.17) is 19.2 Å². The van der Waals surface area contributed by atoms with Crippen LogP contribution in [0.3, 0.4) is 0 Å². The molecule has 2 heterocycles. The van der Waals surface area contributed by atoms with Gasteiger partial charge in [-0.3, -0.25) is 0 Å². The molecular formula is C24H27BrN2O5S2. The molecule has 0 amide bonds. The van der Waals surface area contributed by atoms with Crippen LogP contribution in [0.1, 0.15) is 24.1 Å². The second kappa shape index (κ2) is 10.5. The first-order chi connectivity index (χ1) is 16.3. The van der Waals surface area contributed by atoms with Gasteiger partial charge in [-0.25, -0.2) is 13.4 Å². The van der Waals surface area contributed by atoms with Gasteiger partial charge < -0.3 is 19.1 Å². The van der Waals surface area contributed by atoms with Crippen LogP contribution in [0.15, 0.2) is 51.1 Å². The Bertz CT molecular complexity index is 1250. The zero-order chi connectivity index (χ0) is 24.3. The molecular weight excluding hydrogens is 540 g/mol. The lowest BCUT2D eigenvalue weighted by Gasteiger charge is -2.31. The molecule has 1 aliphatic rings. The minimum absolute atomic E-state index is 0.242. The van der Waals surface area contributed by atoms with Gasteiger partial charge in [0.2, 0.25) is 0 Å². The van der Waals surface area contributed by atoms with E-state index in [2.05, 4.69) is 20.8 Å². The maximum atomic E-state index is 13.3. The van der Waals surface area contributed by atoms with Crippen LogP contribution in [0, 0.1) is 0 Å². The highest BCUT2D eigenvalue weighted by atomic mass is 79.9. The van der Waals surface area contributed by atoms with Gasteiger partial charge in [-0.15, -0.1) is 11.3 Å². The van der Waals surface area contributed by atoms with Crippen molar-refractivity contribution < 1.29 is 22.6 Å². The van der Waals surface area contributed by atoms with Crippen LogP contribution in [0.2, 0.25) is 0 Å². The molecule has 7 nitrogen and oxygen atoms in total. The van der Waals surface area contributed by atoms with Gasteiger partial charge in [-0.05, 0) is 49.2 Å². The second-order valence-electron chi connectivity index (χ2n) is 8.00. The van der Waals surface area contributed by atoms with Crippen molar-refractivity contribution in [3.05, 3.63) is 57.5 Å². The Morgan fingerprint density at radius 1 is 1.03 bits per heavy atom. The lowest BCUT2D eigenvalue weighted by molar-refractivity contribution is 0.399. The van der Waals surface area contributed by atoms with Crippen molar-refractivity contribution in [3.8, 4) is 17.2 Å². The lowest BCUT2D eigenvalue weighted by Crippen LogP contribution is -2.39. The molecule has 0 unspecified atom stereocenters. The van der Waals surface area contributed by atoms with E-state index in [0.29, 0.717) is 42.6 Å². The van der Waals surface area contributed by atoms with Crippen LogP contribution in [0.4, 0.5) is 5.13 Å². The van der Waals surface area contributed by atoms with Crippen LogP contribution in [0.5, 0.6) is 17.2 Å². The molecule has 182 valence electrons. The summed E-state index contributed by atoms with van der Waals surface area (Å²) in [5.74, 6) is 1.95. The number of methoxy groups -OCH3 is 3. The number of hydrogen-bond donors (Lipinski definition) is 0. The number of hydrogen-bond acceptors (Lipinski definition) is 8. The fraction of sp³-hybridized carbons (Fsp3) is 0.375. The molecule has 1 saturated heterocycles. The Hall–Kier alpha value is -2.30. The van der Waals surface area contributed by atoms with Crippen molar-refractivity contribution in [3.63, 3.8) is 0 Å². The summed E-state index contributed by atoms with van der Waals surface area (Å²) in [6.45, 7) is 1.27. The molecule has 4 rings (SSSR count). The van der Waals surface area contributed by atoms with Gasteiger partial charge in [0.25, 0.3) is 0 Å². The monoisotopic (exact) mass is 566 g/mol. The third kappa shape index (κ3) is 5.18. The number of thiazole rings is 1. The zero-order valence-corrected chi connectivity index (χ0v) is 22.5. The minimum Gasteiger partial charge on any atom is -0.497 e. The highest BCUT2D eigenvalue weighted by Crippen LogP contribution is 2.35. The third-order valence-corrected chi connectivity index (χ3v) is 9.71. The Morgan fingerprint density at radius 3 is 2.41 bits per heavy atom. The van der Waals surface area contributed by atoms with Crippen LogP contribution in [-0.2, 0) is 16.3 Å². The number of ether oxygens (including phenoxy) is 3. The van der Waals surface area contributed by atoms with E-state index in [-0.39, 0.29) is 4.90 Å². The molecule has 0 N–H and O–H groups in total. The number of benzene rings is 2. The van der Waals surface area contributed by atoms with E-state index in [9.17, 15) is 8.42 Å². The van der Waals surface area contributed by atoms with Gasteiger partial charge in [0.15, 0.2) is 15.0 Å². The number of anilines is 1. The highest BCUT2D eigenvalue weighted by Gasteiger charge is 2.34. The summed E-state index contributed by atoms with van der Waals surface area (Å²) in [6.07, 6.45) is 1.71. The van der Waals surface area contributed by atoms with Crippen molar-refractivity contribution in [1.29, 1.82) is 0 Å². The van der Waals surface area contributed by atoms with Crippen LogP contribution < -0.4 is 19.1 Å². The molecule has 1 fully saturated rings. The van der Waals surface area contributed by atoms with Crippen molar-refractivity contribution in [2.75, 3.05) is 39.3 Å². The van der Waals surface area contributed by atoms with Gasteiger partial charge in [0.05, 0.1) is 32.3 Å². The smallest absolute Gasteiger partial charge is 0.185 e. The summed E-state index contributed by atoms with van der Waals surface area (Å²) in [6, 6.07) is 10.8. The van der Waals surface area contributed by atoms with Gasteiger partial charge in [-0.1, -0.05) is 15.9 Å². The van der Waals surface area contributed by atoms with Crippen molar-refractivity contribution in [1.82, 2.24) is 4.98 Å². The highest BCUT2D eigenvalue weighted by molar-refractivity contribution is 9.10. The first-order valence-corrected chi connectivity index (χ1v) is 14.0. The molecule has 0 saturated carbocycles. The fourth-order valence-corrected chi connectivity index (χ4v) is 7.45. The molecule has 0 aliphatic carbocycles. The molecule has 1 aliphatic heterocycles. The normalized spacial score (nSPS) is 14.8. The summed E-state index contributed by atoms with van der Waals surface area (Å²) in [5, 5.41) is 2.50. The van der Waals surface area contributed by atoms with E-state index in [1.165, 1.54) is 7.11 Å². The molecule has 10 heteroatoms. The second-order valence-corrected chi connectivity index (χ2v) is 12.0. The molecule has 3 aromatic rings. The Morgan fingerprint density at radius 2 is 1.74 bits per heavy atom. The maximum Gasteiger partial charge on any atom is 0.185 e. The largest absolute Gasteiger partial charge is 0.497 e. The minimum atomic E-state index is -3.51. The van der Waals surface area contributed by atoms with Gasteiger partial charge in [0.1, 0.15) is 22.1 Å². The predicted octanol–water partition coefficient (Wildman–Crippen LogP) is 4.96. The quantitative estimate of drug-likeness (QED) is 0.381. The lowest BCUT2D eigenvalue weighted by atomic mass is 10.1. The molecule has 1 aromatic heterocycles. The molecule has 34 heavy (non-hydrogen) atoms. The summed E-state index contributed by atoms with van der Waals surface area (Å²) in [4.78, 5) is 7.23. The van der Waals surface area contributed by atoms with Gasteiger partial charge >= 0.3 is 0 Å². The average molecular weight is 568 g/mol. The number of rotatable bonds is 8. The Balaban J connectivity index is 1.45. The molecule has 0 atom stereocenters. The van der Waals surface area contributed by atoms with E-state index in [1.54, 1.807) is 43.8 Å². The van der Waals surface area contributed by atoms with Crippen LogP contribution in [-0.4, -0.2) is 53.1 Å². The summed E-state index contributed by atoms with van der Waals surface area (Å²) in [7, 11) is 1.28. The molecule has 0 radical (unpaired) electrons. The molecule has 2 aromatic carbocycles. The zero-order valence-electron chi connectivity index (χ0n) is 19.3. The fourth-order valence-electron chi connectivity index (χ4n) is 4.15. The number of piperidine rings is 1. The number of sulfone groups is 1. The number of aromatic nitrogens is 1. The summed E-state index contributed by atoms with van der Waals surface area (Å²) < 4.78 is 43.5. The Labute approximate surface area is 212 Å². The van der Waals surface area contributed by atoms with Crippen molar-refractivity contribution >= 4 is 42.2 Å². The summed E-state index contributed by atoms with van der Waals surface area (Å²) >= 11 is 4.95. The first kappa shape index (κ1) is 24.8. The predicted molar refractivity (Wildman–Crippen MR) is 138 cm³/mol. The molecule has 0 bridgehead atoms. The first-order valence-electron chi connectivity index (χ1n) is 10.8. The maximum absolute atomic E-state index is 13.3. The topological polar surface area (TPSA) is 78.0 Å². The van der Waals surface area contributed by atoms with E-state index < -0.39 is 15.1 Å². The number of nitrogens with zero attached hydrogens (tertiary/aromatic N) is 2. The van der Waals surface area contributed by atoms with Crippen LogP contribution >= 0.6 is 27.3 Å². The van der Waals surface area contributed by atoms with Crippen molar-refractivity contribution in [2.24, 2.45) is 0 Å². The Kier molecular flexibility index (Phi) is 7.69. The van der Waals surface area contributed by atoms with Crippen molar-refractivity contribution in [2.45, 2.75) is 29.4 Å². The molecule has 0 spiro atoms. The number of halogens is 1. The van der Waals surface area contributed by atoms with E-state index >= 15 is 0 Å². The van der Waals surface area contributed by atoms with Crippen LogP contribution in [0.25, 0.3) is 0 Å². The van der Waals surface area contributed by atoms with E-state index in [1.807, 2.05) is 23.6 Å². The van der Waals surface area contributed by atoms with E-state index in [0.717, 1.165) is 27.9 Å². The van der Waals surface area contributed by atoms with Gasteiger partial charge in [0, 0.05) is 34.9 Å². The third-order valence-electron chi connectivity index (χ3n) is 5.98. The van der Waals surface area contributed by atoms with Gasteiger partial charge in [-0.2, -0.15) is 0 Å². The summed E-state index contributed by atoms with van der Waals surface area (Å²) in [5.41, 5.74) is 1.95. The SMILES string of the molecule is COc1ccc(OC)c(Cc2csc(N3CCC(S(=O)(=O)c4cc(Br)ccc4OC)CC3)n2)c1.